The number of carboxylic acids is 2. The Balaban J connectivity index is 2.39. The highest BCUT2D eigenvalue weighted by molar-refractivity contribution is 7.98. The van der Waals surface area contributed by atoms with Crippen molar-refractivity contribution in [2.75, 3.05) is 38.2 Å². The highest BCUT2D eigenvalue weighted by atomic mass is 32.2. The molecule has 2 aromatic rings. The van der Waals surface area contributed by atoms with E-state index in [9.17, 15) is 63.0 Å². The van der Waals surface area contributed by atoms with Gasteiger partial charge in [0.25, 0.3) is 0 Å². The van der Waals surface area contributed by atoms with Crippen molar-refractivity contribution in [1.29, 1.82) is 0 Å². The van der Waals surface area contributed by atoms with Crippen LogP contribution >= 0.6 is 11.8 Å². The largest absolute Gasteiger partial charge is 0.508 e. The van der Waals surface area contributed by atoms with Gasteiger partial charge in [-0.15, -0.1) is 0 Å². The number of nitrogens with two attached hydrogens (primary N) is 4. The first kappa shape index (κ1) is 68.0. The Morgan fingerprint density at radius 1 is 0.637 bits per heavy atom. The number of guanidine groups is 1. The first-order valence-corrected chi connectivity index (χ1v) is 27.1. The van der Waals surface area contributed by atoms with Gasteiger partial charge in [-0.1, -0.05) is 26.0 Å². The van der Waals surface area contributed by atoms with Gasteiger partial charge in [-0.25, -0.2) is 4.98 Å². The molecule has 31 heteroatoms. The van der Waals surface area contributed by atoms with E-state index in [4.69, 9.17) is 28.0 Å². The number of thioether (sulfide) groups is 1. The number of benzene rings is 1. The number of amides is 9. The number of hydrogen-bond acceptors (Lipinski definition) is 17. The molecule has 21 N–H and O–H groups in total. The number of phenolic OH excluding ortho intramolecular Hbond substituents is 1. The molecule has 0 aliphatic heterocycles. The maximum atomic E-state index is 14.2. The van der Waals surface area contributed by atoms with Gasteiger partial charge in [0.1, 0.15) is 54.6 Å². The number of nitrogens with zero attached hydrogens (tertiary/aromatic N) is 2. The summed E-state index contributed by atoms with van der Waals surface area (Å²) in [7, 11) is 0. The monoisotopic (exact) mass is 1150 g/mol. The van der Waals surface area contributed by atoms with E-state index in [2.05, 4.69) is 62.8 Å². The molecule has 0 unspecified atom stereocenters. The molecule has 0 aliphatic carbocycles. The fourth-order valence-corrected chi connectivity index (χ4v) is 7.94. The van der Waals surface area contributed by atoms with E-state index in [1.54, 1.807) is 13.8 Å². The molecular weight excluding hydrogens is 1070 g/mol. The summed E-state index contributed by atoms with van der Waals surface area (Å²) in [6.07, 6.45) is 4.44. The van der Waals surface area contributed by atoms with Crippen molar-refractivity contribution in [2.24, 2.45) is 33.8 Å². The number of aliphatic imine (C=N–C) groups is 1. The first-order chi connectivity index (χ1) is 37.8. The number of imidazole rings is 1. The second-order valence-corrected chi connectivity index (χ2v) is 19.8. The van der Waals surface area contributed by atoms with Crippen LogP contribution in [0.25, 0.3) is 0 Å². The summed E-state index contributed by atoms with van der Waals surface area (Å²) in [5.74, 6) is -10.8. The zero-order valence-corrected chi connectivity index (χ0v) is 46.0. The molecule has 0 radical (unpaired) electrons. The molecule has 0 bridgehead atoms. The number of nitrogens with one attached hydrogen (secondary N) is 10. The molecule has 0 saturated heterocycles. The average molecular weight is 1150 g/mol. The van der Waals surface area contributed by atoms with E-state index >= 15 is 0 Å². The lowest BCUT2D eigenvalue weighted by molar-refractivity contribution is -0.139. The van der Waals surface area contributed by atoms with Crippen molar-refractivity contribution in [3.63, 3.8) is 0 Å². The van der Waals surface area contributed by atoms with Crippen LogP contribution in [0, 0.1) is 5.92 Å². The highest BCUT2D eigenvalue weighted by Crippen LogP contribution is 2.13. The van der Waals surface area contributed by atoms with Crippen LogP contribution in [-0.2, 0) is 65.6 Å². The lowest BCUT2D eigenvalue weighted by Crippen LogP contribution is -2.60. The molecule has 1 heterocycles. The number of carbonyl (C=O) groups excluding carboxylic acids is 9. The van der Waals surface area contributed by atoms with Crippen molar-refractivity contribution in [2.45, 2.75) is 133 Å². The predicted octanol–water partition coefficient (Wildman–Crippen LogP) is -4.59. The van der Waals surface area contributed by atoms with Crippen molar-refractivity contribution < 1.29 is 68.1 Å². The first-order valence-electron chi connectivity index (χ1n) is 25.7. The smallest absolute Gasteiger partial charge is 0.322 e. The minimum absolute atomic E-state index is 0.00615. The number of unbranched alkanes of at least 4 members (excludes halogenated alkanes) is 1. The van der Waals surface area contributed by atoms with Crippen LogP contribution in [0.3, 0.4) is 0 Å². The molecule has 9 amide bonds. The number of H-pyrrole nitrogens is 1. The minimum Gasteiger partial charge on any atom is -0.508 e. The van der Waals surface area contributed by atoms with Gasteiger partial charge in [0, 0.05) is 37.7 Å². The molecular formula is C49H78N16O14S. The molecule has 444 valence electrons. The summed E-state index contributed by atoms with van der Waals surface area (Å²) >= 11 is 1.50. The van der Waals surface area contributed by atoms with E-state index in [-0.39, 0.29) is 50.4 Å². The average Bonchev–Trinajstić information content (AvgIpc) is 3.92. The summed E-state index contributed by atoms with van der Waals surface area (Å²) in [5.41, 5.74) is 23.3. The van der Waals surface area contributed by atoms with Gasteiger partial charge >= 0.3 is 11.9 Å². The quantitative estimate of drug-likeness (QED) is 0.0171. The van der Waals surface area contributed by atoms with Gasteiger partial charge in [0.15, 0.2) is 5.96 Å². The highest BCUT2D eigenvalue weighted by Gasteiger charge is 2.34. The summed E-state index contributed by atoms with van der Waals surface area (Å²) in [6, 6.07) is -5.17. The van der Waals surface area contributed by atoms with Crippen molar-refractivity contribution >= 4 is 82.8 Å². The zero-order chi connectivity index (χ0) is 59.9. The zero-order valence-electron chi connectivity index (χ0n) is 45.2. The lowest BCUT2D eigenvalue weighted by atomic mass is 10.0. The van der Waals surface area contributed by atoms with Crippen LogP contribution in [-0.4, -0.2) is 183 Å². The molecule has 0 fully saturated rings. The molecule has 30 nitrogen and oxygen atoms in total. The number of rotatable bonds is 38. The Kier molecular flexibility index (Phi) is 30.8. The van der Waals surface area contributed by atoms with E-state index in [1.165, 1.54) is 55.5 Å². The molecule has 0 saturated carbocycles. The number of carbonyl (C=O) groups is 11. The molecule has 8 atom stereocenters. The standard InChI is InChI=1S/C49H78N16O14S/c1-26(2)40(48(79)57-24-39(70)71)65-45(76)33(9-7-18-55-49(52)53)63-44(75)34(14-15-38(68)69)61-41(72)27(3)59-46(77)35(20-28-10-12-30(66)13-11-28)64-47(78)36(21-29-22-54-25-58-29)60-37(67)23-56-43(74)32(8-5-6-17-50)62-42(73)31(51)16-19-80-4/h10-13,22,25-27,31-36,40,66H,5-9,14-21,23-24,50-51H2,1-4H3,(H,54,58)(H,56,74)(H,57,79)(H,59,77)(H,60,67)(H,61,72)(H,62,73)(H,63,75)(H,64,78)(H,65,76)(H,68,69)(H,70,71)(H4,52,53,55)/t27-,31-,32-,33-,34-,35-,36-,40-/m0/s1. The Morgan fingerprint density at radius 3 is 1.80 bits per heavy atom. The molecule has 2 rings (SSSR count). The molecule has 0 aliphatic rings. The summed E-state index contributed by atoms with van der Waals surface area (Å²) in [5, 5.41) is 50.9. The number of carboxylic acid groups (broad SMARTS) is 2. The molecule has 1 aromatic heterocycles. The van der Waals surface area contributed by atoms with Gasteiger partial charge in [-0.05, 0) is 94.0 Å². The summed E-state index contributed by atoms with van der Waals surface area (Å²) < 4.78 is 0. The van der Waals surface area contributed by atoms with Crippen molar-refractivity contribution in [3.05, 3.63) is 48.0 Å². The van der Waals surface area contributed by atoms with Crippen LogP contribution in [0.1, 0.15) is 83.4 Å². The third-order valence-corrected chi connectivity index (χ3v) is 12.5. The molecule has 80 heavy (non-hydrogen) atoms. The van der Waals surface area contributed by atoms with Crippen LogP contribution in [0.15, 0.2) is 41.8 Å². The van der Waals surface area contributed by atoms with Gasteiger partial charge in [-0.2, -0.15) is 11.8 Å². The topological polar surface area (TPSA) is 502 Å². The lowest BCUT2D eigenvalue weighted by Gasteiger charge is -2.27. The van der Waals surface area contributed by atoms with Gasteiger partial charge < -0.3 is 91.1 Å². The van der Waals surface area contributed by atoms with Gasteiger partial charge in [0.05, 0.1) is 18.9 Å². The third-order valence-electron chi connectivity index (χ3n) is 11.9. The predicted molar refractivity (Wildman–Crippen MR) is 292 cm³/mol. The van der Waals surface area contributed by atoms with E-state index < -0.39 is 145 Å². The van der Waals surface area contributed by atoms with Crippen LogP contribution < -0.4 is 70.8 Å². The maximum absolute atomic E-state index is 14.2. The van der Waals surface area contributed by atoms with Crippen LogP contribution in [0.4, 0.5) is 0 Å². The number of aromatic hydroxyl groups is 1. The maximum Gasteiger partial charge on any atom is 0.322 e. The van der Waals surface area contributed by atoms with Gasteiger partial charge in [-0.3, -0.25) is 57.7 Å². The number of aromatic nitrogens is 2. The van der Waals surface area contributed by atoms with Gasteiger partial charge in [0.2, 0.25) is 53.2 Å². The van der Waals surface area contributed by atoms with Crippen molar-refractivity contribution in [3.8, 4) is 5.75 Å². The number of aliphatic carboxylic acids is 2. The van der Waals surface area contributed by atoms with Crippen molar-refractivity contribution in [1.82, 2.24) is 57.8 Å². The Hall–Kier alpha value is -8.06. The third kappa shape index (κ3) is 26.5. The Labute approximate surface area is 466 Å². The number of aromatic amines is 1. The summed E-state index contributed by atoms with van der Waals surface area (Å²) in [4.78, 5) is 156. The molecule has 0 spiro atoms. The summed E-state index contributed by atoms with van der Waals surface area (Å²) in [6.45, 7) is 3.31. The number of hydrogen-bond donors (Lipinski definition) is 17. The van der Waals surface area contributed by atoms with Crippen LogP contribution in [0.5, 0.6) is 5.75 Å². The fourth-order valence-electron chi connectivity index (χ4n) is 7.45. The fraction of sp³-hybridized carbons (Fsp3) is 0.571. The second kappa shape index (κ2) is 36.2. The van der Waals surface area contributed by atoms with E-state index in [0.29, 0.717) is 42.8 Å². The van der Waals surface area contributed by atoms with E-state index in [1.807, 2.05) is 6.26 Å². The Morgan fingerprint density at radius 2 is 1.20 bits per heavy atom. The number of phenols is 1. The Bertz CT molecular complexity index is 2410. The van der Waals surface area contributed by atoms with Crippen LogP contribution in [0.2, 0.25) is 0 Å². The normalized spacial score (nSPS) is 13.9. The second-order valence-electron chi connectivity index (χ2n) is 18.9. The molecule has 1 aromatic carbocycles. The SMILES string of the molecule is CSCC[C@H](N)C(=O)N[C@@H](CCCCN)C(=O)NCC(=O)N[C@@H](Cc1cnc[nH]1)C(=O)N[C@@H](Cc1ccc(O)cc1)C(=O)N[C@@H](C)C(=O)N[C@@H](CCC(=O)O)C(=O)N[C@@H](CCCN=C(N)N)C(=O)N[C@H](C(=O)NCC(=O)O)C(C)C. The minimum atomic E-state index is -1.65. The van der Waals surface area contributed by atoms with E-state index in [0.717, 1.165) is 0 Å².